The maximum Gasteiger partial charge on any atom is 0.323 e. The summed E-state index contributed by atoms with van der Waals surface area (Å²) in [7, 11) is -2.28. The summed E-state index contributed by atoms with van der Waals surface area (Å²) in [4.78, 5) is 16.5. The monoisotopic (exact) mass is 385 g/mol. The van der Waals surface area contributed by atoms with Gasteiger partial charge in [0, 0.05) is 23.6 Å². The lowest BCUT2D eigenvalue weighted by Crippen LogP contribution is -2.26. The number of imidazole rings is 1. The fourth-order valence-electron chi connectivity index (χ4n) is 2.33. The van der Waals surface area contributed by atoms with Crippen molar-refractivity contribution in [3.63, 3.8) is 0 Å². The van der Waals surface area contributed by atoms with Gasteiger partial charge in [-0.15, -0.1) is 0 Å². The van der Waals surface area contributed by atoms with Gasteiger partial charge in [-0.3, -0.25) is 0 Å². The van der Waals surface area contributed by atoms with E-state index in [0.29, 0.717) is 26.6 Å². The van der Waals surface area contributed by atoms with Gasteiger partial charge in [0.2, 0.25) is 10.0 Å². The van der Waals surface area contributed by atoms with Crippen molar-refractivity contribution in [1.82, 2.24) is 14.3 Å². The lowest BCUT2D eigenvalue weighted by atomic mass is 10.2. The molecule has 0 spiro atoms. The largest absolute Gasteiger partial charge is 0.323 e. The first-order valence-corrected chi connectivity index (χ1v) is 9.09. The molecule has 24 heavy (non-hydrogen) atoms. The Hall–Kier alpha value is -1.80. The van der Waals surface area contributed by atoms with Crippen LogP contribution in [0.5, 0.6) is 0 Å². The van der Waals surface area contributed by atoms with Crippen molar-refractivity contribution in [2.75, 3.05) is 7.05 Å². The van der Waals surface area contributed by atoms with Gasteiger partial charge in [-0.05, 0) is 35.9 Å². The van der Waals surface area contributed by atoms with E-state index in [0.717, 1.165) is 0 Å². The minimum Gasteiger partial charge on any atom is -0.306 e. The average molecular weight is 386 g/mol. The normalized spacial score (nSPS) is 12.2. The standard InChI is InChI=1S/C15H13Cl2N3O3S/c1-20(8-9-2-3-10(16)6-12(9)17)24(22,23)11-4-5-13-14(7-11)19-15(21)18-13/h2-7H,8H2,1H3,(H2,18,19,21). The number of nitrogens with one attached hydrogen (secondary N) is 2. The smallest absolute Gasteiger partial charge is 0.306 e. The summed E-state index contributed by atoms with van der Waals surface area (Å²) >= 11 is 11.9. The molecule has 0 aliphatic carbocycles. The third-order valence-electron chi connectivity index (χ3n) is 3.60. The molecule has 6 nitrogen and oxygen atoms in total. The number of halogens is 2. The molecule has 2 N–H and O–H groups in total. The SMILES string of the molecule is CN(Cc1ccc(Cl)cc1Cl)S(=O)(=O)c1ccc2[nH]c(=O)[nH]c2c1. The predicted octanol–water partition coefficient (Wildman–Crippen LogP) is 2.98. The molecule has 1 heterocycles. The van der Waals surface area contributed by atoms with Crippen LogP contribution in [0.1, 0.15) is 5.56 Å². The maximum absolute atomic E-state index is 12.7. The molecular weight excluding hydrogens is 373 g/mol. The molecule has 0 unspecified atom stereocenters. The van der Waals surface area contributed by atoms with Crippen LogP contribution >= 0.6 is 23.2 Å². The number of fused-ring (bicyclic) bond motifs is 1. The van der Waals surface area contributed by atoms with Crippen molar-refractivity contribution in [3.05, 3.63) is 62.5 Å². The van der Waals surface area contributed by atoms with Crippen molar-refractivity contribution in [2.24, 2.45) is 0 Å². The Morgan fingerprint density at radius 3 is 2.46 bits per heavy atom. The number of H-pyrrole nitrogens is 2. The molecule has 0 aliphatic rings. The van der Waals surface area contributed by atoms with E-state index in [-0.39, 0.29) is 17.1 Å². The Balaban J connectivity index is 1.94. The lowest BCUT2D eigenvalue weighted by Gasteiger charge is -2.18. The molecule has 3 aromatic rings. The highest BCUT2D eigenvalue weighted by molar-refractivity contribution is 7.89. The number of benzene rings is 2. The summed E-state index contributed by atoms with van der Waals surface area (Å²) in [5.41, 5.74) is 1.23. The van der Waals surface area contributed by atoms with Crippen LogP contribution in [0.4, 0.5) is 0 Å². The summed E-state index contributed by atoms with van der Waals surface area (Å²) in [6.45, 7) is 0.0973. The molecule has 0 aliphatic heterocycles. The van der Waals surface area contributed by atoms with Gasteiger partial charge in [0.15, 0.2) is 0 Å². The highest BCUT2D eigenvalue weighted by atomic mass is 35.5. The lowest BCUT2D eigenvalue weighted by molar-refractivity contribution is 0.467. The van der Waals surface area contributed by atoms with Crippen LogP contribution in [-0.4, -0.2) is 29.7 Å². The minimum absolute atomic E-state index is 0.0813. The molecule has 0 radical (unpaired) electrons. The molecule has 0 saturated carbocycles. The summed E-state index contributed by atoms with van der Waals surface area (Å²) < 4.78 is 26.6. The average Bonchev–Trinajstić information content (AvgIpc) is 2.88. The summed E-state index contributed by atoms with van der Waals surface area (Å²) in [5.74, 6) is 0. The van der Waals surface area contributed by atoms with Crippen molar-refractivity contribution in [1.29, 1.82) is 0 Å². The molecule has 0 bridgehead atoms. The highest BCUT2D eigenvalue weighted by Gasteiger charge is 2.22. The minimum atomic E-state index is -3.74. The van der Waals surface area contributed by atoms with Crippen LogP contribution in [0, 0.1) is 0 Å². The van der Waals surface area contributed by atoms with Gasteiger partial charge in [-0.1, -0.05) is 29.3 Å². The Morgan fingerprint density at radius 2 is 1.75 bits per heavy atom. The first kappa shape index (κ1) is 17.0. The second-order valence-corrected chi connectivity index (χ2v) is 8.17. The van der Waals surface area contributed by atoms with Gasteiger partial charge in [-0.2, -0.15) is 4.31 Å². The van der Waals surface area contributed by atoms with Gasteiger partial charge in [0.1, 0.15) is 0 Å². The van der Waals surface area contributed by atoms with E-state index in [2.05, 4.69) is 9.97 Å². The zero-order valence-corrected chi connectivity index (χ0v) is 14.8. The topological polar surface area (TPSA) is 86.0 Å². The molecule has 0 amide bonds. The Bertz CT molecular complexity index is 1070. The second-order valence-electron chi connectivity index (χ2n) is 5.28. The van der Waals surface area contributed by atoms with Crippen molar-refractivity contribution < 1.29 is 8.42 Å². The molecule has 1 aromatic heterocycles. The van der Waals surface area contributed by atoms with Crippen LogP contribution in [0.2, 0.25) is 10.0 Å². The van der Waals surface area contributed by atoms with E-state index in [1.807, 2.05) is 0 Å². The zero-order chi connectivity index (χ0) is 17.5. The van der Waals surface area contributed by atoms with E-state index in [4.69, 9.17) is 23.2 Å². The van der Waals surface area contributed by atoms with Crippen molar-refractivity contribution in [3.8, 4) is 0 Å². The number of sulfonamides is 1. The quantitative estimate of drug-likeness (QED) is 0.723. The fraction of sp³-hybridized carbons (Fsp3) is 0.133. The molecular formula is C15H13Cl2N3O3S. The number of rotatable bonds is 4. The fourth-order valence-corrected chi connectivity index (χ4v) is 3.97. The number of hydrogen-bond acceptors (Lipinski definition) is 3. The second kappa shape index (κ2) is 6.25. The third-order valence-corrected chi connectivity index (χ3v) is 5.99. The van der Waals surface area contributed by atoms with Gasteiger partial charge in [-0.25, -0.2) is 13.2 Å². The van der Waals surface area contributed by atoms with Crippen LogP contribution in [0.25, 0.3) is 11.0 Å². The first-order chi connectivity index (χ1) is 11.3. The molecule has 2 aromatic carbocycles. The van der Waals surface area contributed by atoms with Gasteiger partial charge in [0.05, 0.1) is 15.9 Å². The molecule has 126 valence electrons. The van der Waals surface area contributed by atoms with Crippen LogP contribution in [0.15, 0.2) is 46.1 Å². The summed E-state index contributed by atoms with van der Waals surface area (Å²) in [6.07, 6.45) is 0. The number of hydrogen-bond donors (Lipinski definition) is 2. The molecule has 0 atom stereocenters. The van der Waals surface area contributed by atoms with Crippen molar-refractivity contribution in [2.45, 2.75) is 11.4 Å². The van der Waals surface area contributed by atoms with E-state index in [1.54, 1.807) is 24.3 Å². The third kappa shape index (κ3) is 3.21. The van der Waals surface area contributed by atoms with E-state index < -0.39 is 10.0 Å². The number of nitrogens with zero attached hydrogens (tertiary/aromatic N) is 1. The zero-order valence-electron chi connectivity index (χ0n) is 12.5. The molecule has 0 fully saturated rings. The van der Waals surface area contributed by atoms with Crippen molar-refractivity contribution >= 4 is 44.3 Å². The van der Waals surface area contributed by atoms with E-state index in [1.165, 1.54) is 23.5 Å². The maximum atomic E-state index is 12.7. The highest BCUT2D eigenvalue weighted by Crippen LogP contribution is 2.25. The van der Waals surface area contributed by atoms with Gasteiger partial charge >= 0.3 is 5.69 Å². The Labute approximate surface area is 148 Å². The molecule has 9 heteroatoms. The first-order valence-electron chi connectivity index (χ1n) is 6.90. The predicted molar refractivity (Wildman–Crippen MR) is 94.0 cm³/mol. The number of aromatic nitrogens is 2. The van der Waals surface area contributed by atoms with Crippen LogP contribution in [-0.2, 0) is 16.6 Å². The van der Waals surface area contributed by atoms with E-state index in [9.17, 15) is 13.2 Å². The van der Waals surface area contributed by atoms with Gasteiger partial charge in [0.25, 0.3) is 0 Å². The summed E-state index contributed by atoms with van der Waals surface area (Å²) in [5, 5.41) is 0.881. The van der Waals surface area contributed by atoms with Crippen LogP contribution in [0.3, 0.4) is 0 Å². The van der Waals surface area contributed by atoms with Gasteiger partial charge < -0.3 is 9.97 Å². The Morgan fingerprint density at radius 1 is 1.04 bits per heavy atom. The molecule has 3 rings (SSSR count). The number of aromatic amines is 2. The van der Waals surface area contributed by atoms with E-state index >= 15 is 0 Å². The van der Waals surface area contributed by atoms with Crippen LogP contribution < -0.4 is 5.69 Å². The Kier molecular flexibility index (Phi) is 4.44. The molecule has 0 saturated heterocycles. The summed E-state index contributed by atoms with van der Waals surface area (Å²) in [6, 6.07) is 9.31.